The number of benzene rings is 2. The van der Waals surface area contributed by atoms with Crippen LogP contribution in [0.3, 0.4) is 0 Å². The summed E-state index contributed by atoms with van der Waals surface area (Å²) in [6.07, 6.45) is 0. The van der Waals surface area contributed by atoms with Gasteiger partial charge in [0.25, 0.3) is 0 Å². The molecule has 0 atom stereocenters. The molecule has 2 aromatic carbocycles. The average molecular weight is 241 g/mol. The Bertz CT molecular complexity index is 547. The molecule has 94 valence electrons. The minimum absolute atomic E-state index is 0.491. The van der Waals surface area contributed by atoms with Crippen molar-refractivity contribution in [3.8, 4) is 16.9 Å². The highest BCUT2D eigenvalue weighted by Crippen LogP contribution is 2.33. The van der Waals surface area contributed by atoms with Gasteiger partial charge in [-0.2, -0.15) is 0 Å². The van der Waals surface area contributed by atoms with Crippen molar-refractivity contribution in [3.05, 3.63) is 48.0 Å². The van der Waals surface area contributed by atoms with Crippen molar-refractivity contribution in [1.29, 1.82) is 0 Å². The Balaban J connectivity index is 2.55. The molecule has 2 aromatic rings. The SMILES string of the molecule is COc1cc(-c2ccccc2C(C)C)ccc1N. The molecule has 0 fully saturated rings. The van der Waals surface area contributed by atoms with Crippen molar-refractivity contribution in [1.82, 2.24) is 0 Å². The summed E-state index contributed by atoms with van der Waals surface area (Å²) in [6.45, 7) is 4.40. The molecule has 2 N–H and O–H groups in total. The molecule has 18 heavy (non-hydrogen) atoms. The third kappa shape index (κ3) is 2.33. The molecule has 2 rings (SSSR count). The molecule has 0 bridgehead atoms. The maximum absolute atomic E-state index is 5.85. The second kappa shape index (κ2) is 5.13. The second-order valence-corrected chi connectivity index (χ2v) is 4.70. The number of nitrogen functional groups attached to an aromatic ring is 1. The highest BCUT2D eigenvalue weighted by molar-refractivity contribution is 5.72. The fourth-order valence-electron chi connectivity index (χ4n) is 2.14. The van der Waals surface area contributed by atoms with E-state index >= 15 is 0 Å². The lowest BCUT2D eigenvalue weighted by Gasteiger charge is -2.14. The monoisotopic (exact) mass is 241 g/mol. The molecule has 0 aliphatic rings. The van der Waals surface area contributed by atoms with Gasteiger partial charge in [-0.1, -0.05) is 44.2 Å². The summed E-state index contributed by atoms with van der Waals surface area (Å²) >= 11 is 0. The van der Waals surface area contributed by atoms with Gasteiger partial charge >= 0.3 is 0 Å². The van der Waals surface area contributed by atoms with Crippen LogP contribution < -0.4 is 10.5 Å². The molecule has 0 unspecified atom stereocenters. The van der Waals surface area contributed by atoms with Crippen molar-refractivity contribution in [3.63, 3.8) is 0 Å². The van der Waals surface area contributed by atoms with E-state index in [1.165, 1.54) is 11.1 Å². The van der Waals surface area contributed by atoms with E-state index in [1.54, 1.807) is 7.11 Å². The van der Waals surface area contributed by atoms with Crippen molar-refractivity contribution >= 4 is 5.69 Å². The summed E-state index contributed by atoms with van der Waals surface area (Å²) in [4.78, 5) is 0. The number of hydrogen-bond acceptors (Lipinski definition) is 2. The predicted molar refractivity (Wildman–Crippen MR) is 76.9 cm³/mol. The van der Waals surface area contributed by atoms with Gasteiger partial charge in [0.15, 0.2) is 0 Å². The van der Waals surface area contributed by atoms with Crippen LogP contribution in [0, 0.1) is 0 Å². The Morgan fingerprint density at radius 2 is 1.78 bits per heavy atom. The van der Waals surface area contributed by atoms with Gasteiger partial charge < -0.3 is 10.5 Å². The molecule has 0 aromatic heterocycles. The van der Waals surface area contributed by atoms with Gasteiger partial charge in [0, 0.05) is 0 Å². The van der Waals surface area contributed by atoms with Crippen LogP contribution >= 0.6 is 0 Å². The number of methoxy groups -OCH3 is 1. The Labute approximate surface area is 108 Å². The molecule has 0 amide bonds. The molecule has 2 heteroatoms. The maximum Gasteiger partial charge on any atom is 0.142 e. The third-order valence-electron chi connectivity index (χ3n) is 3.13. The van der Waals surface area contributed by atoms with Gasteiger partial charge in [-0.15, -0.1) is 0 Å². The van der Waals surface area contributed by atoms with Gasteiger partial charge in [0.05, 0.1) is 12.8 Å². The molecule has 0 aliphatic carbocycles. The van der Waals surface area contributed by atoms with Gasteiger partial charge in [-0.25, -0.2) is 0 Å². The summed E-state index contributed by atoms with van der Waals surface area (Å²) < 4.78 is 5.28. The van der Waals surface area contributed by atoms with Crippen LogP contribution in [-0.4, -0.2) is 7.11 Å². The van der Waals surface area contributed by atoms with Crippen LogP contribution in [0.1, 0.15) is 25.3 Å². The van der Waals surface area contributed by atoms with E-state index in [-0.39, 0.29) is 0 Å². The lowest BCUT2D eigenvalue weighted by molar-refractivity contribution is 0.417. The van der Waals surface area contributed by atoms with Crippen molar-refractivity contribution in [2.75, 3.05) is 12.8 Å². The van der Waals surface area contributed by atoms with Crippen LogP contribution in [0.4, 0.5) is 5.69 Å². The van der Waals surface area contributed by atoms with E-state index in [0.717, 1.165) is 11.3 Å². The molecular weight excluding hydrogens is 222 g/mol. The molecule has 0 radical (unpaired) electrons. The highest BCUT2D eigenvalue weighted by atomic mass is 16.5. The number of nitrogens with two attached hydrogens (primary N) is 1. The van der Waals surface area contributed by atoms with Gasteiger partial charge in [-0.05, 0) is 34.7 Å². The van der Waals surface area contributed by atoms with Crippen molar-refractivity contribution in [2.24, 2.45) is 0 Å². The van der Waals surface area contributed by atoms with Gasteiger partial charge in [0.1, 0.15) is 5.75 Å². The average Bonchev–Trinajstić information content (AvgIpc) is 2.39. The zero-order chi connectivity index (χ0) is 13.1. The molecule has 0 spiro atoms. The number of hydrogen-bond donors (Lipinski definition) is 1. The van der Waals surface area contributed by atoms with Crippen molar-refractivity contribution in [2.45, 2.75) is 19.8 Å². The molecule has 2 nitrogen and oxygen atoms in total. The Hall–Kier alpha value is -1.96. The first kappa shape index (κ1) is 12.5. The molecule has 0 saturated heterocycles. The summed E-state index contributed by atoms with van der Waals surface area (Å²) in [7, 11) is 1.64. The number of ether oxygens (including phenoxy) is 1. The quantitative estimate of drug-likeness (QED) is 0.822. The standard InChI is InChI=1S/C16H19NO/c1-11(2)13-6-4-5-7-14(13)12-8-9-15(17)16(10-12)18-3/h4-11H,17H2,1-3H3. The first-order valence-corrected chi connectivity index (χ1v) is 6.16. The molecular formula is C16H19NO. The number of anilines is 1. The van der Waals surface area contributed by atoms with E-state index in [0.29, 0.717) is 11.6 Å². The highest BCUT2D eigenvalue weighted by Gasteiger charge is 2.09. The fourth-order valence-corrected chi connectivity index (χ4v) is 2.14. The summed E-state index contributed by atoms with van der Waals surface area (Å²) in [5.74, 6) is 1.22. The molecule has 0 heterocycles. The van der Waals surface area contributed by atoms with E-state index in [9.17, 15) is 0 Å². The zero-order valence-electron chi connectivity index (χ0n) is 11.1. The predicted octanol–water partition coefficient (Wildman–Crippen LogP) is 4.07. The smallest absolute Gasteiger partial charge is 0.142 e. The lowest BCUT2D eigenvalue weighted by Crippen LogP contribution is -1.95. The number of rotatable bonds is 3. The van der Waals surface area contributed by atoms with Gasteiger partial charge in [-0.3, -0.25) is 0 Å². The minimum atomic E-state index is 0.491. The van der Waals surface area contributed by atoms with Crippen LogP contribution in [0.2, 0.25) is 0 Å². The normalized spacial score (nSPS) is 10.7. The zero-order valence-corrected chi connectivity index (χ0v) is 11.1. The second-order valence-electron chi connectivity index (χ2n) is 4.70. The summed E-state index contributed by atoms with van der Waals surface area (Å²) in [5, 5.41) is 0. The first-order chi connectivity index (χ1) is 8.63. The van der Waals surface area contributed by atoms with Gasteiger partial charge in [0.2, 0.25) is 0 Å². The Morgan fingerprint density at radius 1 is 1.06 bits per heavy atom. The van der Waals surface area contributed by atoms with E-state index in [1.807, 2.05) is 18.2 Å². The Kier molecular flexibility index (Phi) is 3.56. The maximum atomic E-state index is 5.85. The first-order valence-electron chi connectivity index (χ1n) is 6.16. The van der Waals surface area contributed by atoms with Crippen LogP contribution in [-0.2, 0) is 0 Å². The fraction of sp³-hybridized carbons (Fsp3) is 0.250. The summed E-state index contributed by atoms with van der Waals surface area (Å²) in [5.41, 5.74) is 10.2. The Morgan fingerprint density at radius 3 is 2.44 bits per heavy atom. The largest absolute Gasteiger partial charge is 0.495 e. The van der Waals surface area contributed by atoms with Crippen LogP contribution in [0.5, 0.6) is 5.75 Å². The van der Waals surface area contributed by atoms with Crippen LogP contribution in [0.25, 0.3) is 11.1 Å². The van der Waals surface area contributed by atoms with E-state index in [4.69, 9.17) is 10.5 Å². The van der Waals surface area contributed by atoms with Crippen molar-refractivity contribution < 1.29 is 4.74 Å². The third-order valence-corrected chi connectivity index (χ3v) is 3.13. The van der Waals surface area contributed by atoms with Crippen LogP contribution in [0.15, 0.2) is 42.5 Å². The summed E-state index contributed by atoms with van der Waals surface area (Å²) in [6, 6.07) is 14.4. The molecule has 0 aliphatic heterocycles. The minimum Gasteiger partial charge on any atom is -0.495 e. The lowest BCUT2D eigenvalue weighted by atomic mass is 9.92. The molecule has 0 saturated carbocycles. The van der Waals surface area contributed by atoms with E-state index < -0.39 is 0 Å². The topological polar surface area (TPSA) is 35.2 Å². The van der Waals surface area contributed by atoms with E-state index in [2.05, 4.69) is 38.1 Å².